The predicted molar refractivity (Wildman–Crippen MR) is 228 cm³/mol. The molecule has 19 nitrogen and oxygen atoms in total. The minimum absolute atomic E-state index is 0.0187. The Morgan fingerprint density at radius 1 is 0.954 bits per heavy atom. The monoisotopic (exact) mass is 901 g/mol. The van der Waals surface area contributed by atoms with Crippen LogP contribution in [0.3, 0.4) is 0 Å². The van der Waals surface area contributed by atoms with E-state index >= 15 is 0 Å². The number of aliphatic hydroxyl groups is 6. The van der Waals surface area contributed by atoms with E-state index in [0.717, 1.165) is 0 Å². The van der Waals surface area contributed by atoms with E-state index in [4.69, 9.17) is 24.7 Å². The van der Waals surface area contributed by atoms with Gasteiger partial charge in [-0.15, -0.1) is 0 Å². The Labute approximate surface area is 373 Å². The Bertz CT molecular complexity index is 2320. The lowest BCUT2D eigenvalue weighted by atomic mass is 9.74. The minimum Gasteiger partial charge on any atom is -0.486 e. The van der Waals surface area contributed by atoms with E-state index < -0.39 is 97.5 Å². The molecule has 348 valence electrons. The molecule has 3 saturated heterocycles. The first-order chi connectivity index (χ1) is 31.4. The molecule has 11 unspecified atom stereocenters. The molecule has 0 aromatic heterocycles. The van der Waals surface area contributed by atoms with Crippen molar-refractivity contribution in [1.29, 1.82) is 0 Å². The number of nitrogens with zero attached hydrogens (tertiary/aromatic N) is 1. The number of amides is 1. The third-order valence-electron chi connectivity index (χ3n) is 13.8. The van der Waals surface area contributed by atoms with Crippen LogP contribution in [-0.4, -0.2) is 142 Å². The Morgan fingerprint density at radius 2 is 1.74 bits per heavy atom. The van der Waals surface area contributed by atoms with Gasteiger partial charge in [0, 0.05) is 46.9 Å². The fourth-order valence-electron chi connectivity index (χ4n) is 10.6. The summed E-state index contributed by atoms with van der Waals surface area (Å²) in [4.78, 5) is 56.5. The molecule has 1 amide bonds. The molecule has 1 saturated carbocycles. The average Bonchev–Trinajstić information content (AvgIpc) is 3.96. The molecule has 3 aromatic rings. The van der Waals surface area contributed by atoms with Gasteiger partial charge in [-0.2, -0.15) is 0 Å². The second-order valence-corrected chi connectivity index (χ2v) is 17.8. The fraction of sp³-hybridized carbons (Fsp3) is 0.522. The summed E-state index contributed by atoms with van der Waals surface area (Å²) in [5.41, 5.74) is 6.60. The van der Waals surface area contributed by atoms with Crippen LogP contribution in [0.2, 0.25) is 0 Å². The van der Waals surface area contributed by atoms with Crippen molar-refractivity contribution in [1.82, 2.24) is 16.0 Å². The standard InChI is InChI=1S/C46H55N5O14/c47-45-49-42-33(43(61)50-45)48-21-51(42)30-8-2-1-7-26(30)31-23(6-5-14-52)19-63-46(12-3-4-13-46)41-37(59)36(58)38(60)44(65-41)64-39-29(31)17-28-32(40(39)62-20-24(55)11-15-53)35(57)27-16-22(18-54)9-10-25(27)34(28)56/h1-2,7-10,15-17,23-24,31,33,36-38,41-42,44-45,48-49,52,54-55,58-60H,3-6,11-14,18-21,47H2,(H,50,61). The zero-order valence-electron chi connectivity index (χ0n) is 35.5. The van der Waals surface area contributed by atoms with Crippen molar-refractivity contribution in [2.75, 3.05) is 31.4 Å². The van der Waals surface area contributed by atoms with Crippen molar-refractivity contribution in [2.24, 2.45) is 11.7 Å². The summed E-state index contributed by atoms with van der Waals surface area (Å²) in [7, 11) is 0. The summed E-state index contributed by atoms with van der Waals surface area (Å²) in [5, 5.41) is 75.4. The van der Waals surface area contributed by atoms with Gasteiger partial charge in [-0.05, 0) is 67.0 Å². The van der Waals surface area contributed by atoms with E-state index in [0.29, 0.717) is 55.2 Å². The molecule has 11 atom stereocenters. The van der Waals surface area contributed by atoms with Gasteiger partial charge in [-0.25, -0.2) is 0 Å². The maximum Gasteiger partial charge on any atom is 0.242 e. The van der Waals surface area contributed by atoms with Crippen LogP contribution in [0.4, 0.5) is 5.69 Å². The number of aldehydes is 1. The Balaban J connectivity index is 1.33. The summed E-state index contributed by atoms with van der Waals surface area (Å²) in [6.45, 7) is -1.01. The number of nitrogens with one attached hydrogen (secondary N) is 3. The van der Waals surface area contributed by atoms with Gasteiger partial charge in [0.1, 0.15) is 55.8 Å². The molecule has 1 spiro atoms. The Hall–Kier alpha value is -4.90. The summed E-state index contributed by atoms with van der Waals surface area (Å²) >= 11 is 0. The SMILES string of the molecule is NC1NC(=O)C2NCN(c3ccccc3C3c4cc5c(c(OCC(O)CC=O)c4OC4OC(C(O)C(O)C4O)C4(CCCC4)OCC3CCCO)C(=O)c3cc(CO)ccc3C5=O)C2N1. The molecule has 2 bridgehead atoms. The number of hydrogen-bond donors (Lipinski definition) is 10. The van der Waals surface area contributed by atoms with E-state index in [1.54, 1.807) is 0 Å². The van der Waals surface area contributed by atoms with Gasteiger partial charge in [-0.3, -0.25) is 30.8 Å². The van der Waals surface area contributed by atoms with Crippen molar-refractivity contribution in [2.45, 2.75) is 118 Å². The molecular weight excluding hydrogens is 847 g/mol. The lowest BCUT2D eigenvalue weighted by Crippen LogP contribution is -2.70. The highest BCUT2D eigenvalue weighted by atomic mass is 16.7. The summed E-state index contributed by atoms with van der Waals surface area (Å²) in [6, 6.07) is 12.6. The number of ketones is 2. The van der Waals surface area contributed by atoms with E-state index in [2.05, 4.69) is 16.0 Å². The molecule has 65 heavy (non-hydrogen) atoms. The maximum atomic E-state index is 14.9. The van der Waals surface area contributed by atoms with E-state index in [9.17, 15) is 49.8 Å². The highest BCUT2D eigenvalue weighted by molar-refractivity contribution is 6.29. The molecular formula is C46H55N5O14. The van der Waals surface area contributed by atoms with Crippen molar-refractivity contribution >= 4 is 29.4 Å². The number of fused-ring (bicyclic) bond motifs is 7. The molecule has 4 aliphatic heterocycles. The first-order valence-corrected chi connectivity index (χ1v) is 22.2. The van der Waals surface area contributed by atoms with Gasteiger partial charge in [0.25, 0.3) is 0 Å². The summed E-state index contributed by atoms with van der Waals surface area (Å²) < 4.78 is 26.7. The minimum atomic E-state index is -1.88. The van der Waals surface area contributed by atoms with Gasteiger partial charge >= 0.3 is 0 Å². The number of aliphatic hydroxyl groups excluding tert-OH is 6. The molecule has 2 aliphatic carbocycles. The molecule has 9 rings (SSSR count). The van der Waals surface area contributed by atoms with Crippen LogP contribution in [0, 0.1) is 5.92 Å². The number of ether oxygens (including phenoxy) is 4. The van der Waals surface area contributed by atoms with Gasteiger partial charge < -0.3 is 64.6 Å². The molecule has 3 aromatic carbocycles. The van der Waals surface area contributed by atoms with Crippen LogP contribution in [0.5, 0.6) is 11.5 Å². The third kappa shape index (κ3) is 8.01. The quantitative estimate of drug-likeness (QED) is 0.0838. The smallest absolute Gasteiger partial charge is 0.242 e. The van der Waals surface area contributed by atoms with Crippen molar-refractivity contribution < 1.29 is 68.8 Å². The first kappa shape index (κ1) is 45.3. The number of hydrogen-bond acceptors (Lipinski definition) is 18. The normalized spacial score (nSPS) is 30.9. The lowest BCUT2D eigenvalue weighted by Gasteiger charge is -2.47. The topological polar surface area (TPSA) is 292 Å². The van der Waals surface area contributed by atoms with Crippen LogP contribution >= 0.6 is 0 Å². The van der Waals surface area contributed by atoms with Crippen LogP contribution < -0.4 is 36.1 Å². The van der Waals surface area contributed by atoms with Gasteiger partial charge in [0.2, 0.25) is 12.2 Å². The van der Waals surface area contributed by atoms with Gasteiger partial charge in [-0.1, -0.05) is 37.1 Å². The molecule has 19 heteroatoms. The average molecular weight is 902 g/mol. The summed E-state index contributed by atoms with van der Waals surface area (Å²) in [6.07, 6.45) is -8.10. The second-order valence-electron chi connectivity index (χ2n) is 17.8. The lowest BCUT2D eigenvalue weighted by molar-refractivity contribution is -0.310. The van der Waals surface area contributed by atoms with Gasteiger partial charge in [0.05, 0.1) is 37.2 Å². The number of para-hydroxylation sites is 1. The molecule has 11 N–H and O–H groups in total. The number of carbonyl (C=O) groups excluding carboxylic acids is 4. The van der Waals surface area contributed by atoms with Gasteiger partial charge in [0.15, 0.2) is 23.1 Å². The third-order valence-corrected chi connectivity index (χ3v) is 13.8. The highest BCUT2D eigenvalue weighted by Gasteiger charge is 2.57. The maximum absolute atomic E-state index is 14.9. The zero-order valence-corrected chi connectivity index (χ0v) is 35.5. The van der Waals surface area contributed by atoms with Crippen LogP contribution in [-0.2, 0) is 25.7 Å². The van der Waals surface area contributed by atoms with E-state index in [-0.39, 0.29) is 77.9 Å². The number of nitrogens with two attached hydrogens (primary N) is 1. The van der Waals surface area contributed by atoms with E-state index in [1.165, 1.54) is 24.3 Å². The first-order valence-electron chi connectivity index (χ1n) is 22.2. The molecule has 4 fully saturated rings. The van der Waals surface area contributed by atoms with Crippen LogP contribution in [0.25, 0.3) is 0 Å². The zero-order chi connectivity index (χ0) is 45.7. The van der Waals surface area contributed by atoms with Crippen molar-refractivity contribution in [3.05, 3.63) is 87.5 Å². The predicted octanol–water partition coefficient (Wildman–Crippen LogP) is -0.643. The van der Waals surface area contributed by atoms with Crippen LogP contribution in [0.15, 0.2) is 48.5 Å². The highest BCUT2D eigenvalue weighted by Crippen LogP contribution is 2.53. The van der Waals surface area contributed by atoms with E-state index in [1.807, 2.05) is 29.2 Å². The fourth-order valence-corrected chi connectivity index (χ4v) is 10.6. The molecule has 6 aliphatic rings. The van der Waals surface area contributed by atoms with Crippen LogP contribution in [0.1, 0.15) is 99.4 Å². The number of carbonyl (C=O) groups is 4. The molecule has 0 radical (unpaired) electrons. The Morgan fingerprint density at radius 3 is 2.49 bits per heavy atom. The Kier molecular flexibility index (Phi) is 12.8. The summed E-state index contributed by atoms with van der Waals surface area (Å²) in [5.74, 6) is -3.56. The number of benzene rings is 3. The van der Waals surface area contributed by atoms with Crippen molar-refractivity contribution in [3.63, 3.8) is 0 Å². The second kappa shape index (κ2) is 18.4. The van der Waals surface area contributed by atoms with Crippen molar-refractivity contribution in [3.8, 4) is 11.5 Å². The largest absolute Gasteiger partial charge is 0.486 e. The molecule has 4 heterocycles. The number of rotatable bonds is 11. The number of anilines is 1.